The molecule has 0 aliphatic carbocycles. The van der Waals surface area contributed by atoms with E-state index < -0.39 is 0 Å². The summed E-state index contributed by atoms with van der Waals surface area (Å²) in [6.45, 7) is 0. The molecule has 0 saturated carbocycles. The van der Waals surface area contributed by atoms with E-state index in [9.17, 15) is 0 Å². The molecule has 0 amide bonds. The Labute approximate surface area is 309 Å². The predicted molar refractivity (Wildman–Crippen MR) is 226 cm³/mol. The zero-order chi connectivity index (χ0) is 35.3. The molecule has 0 atom stereocenters. The molecule has 54 heavy (non-hydrogen) atoms. The lowest BCUT2D eigenvalue weighted by atomic mass is 10.0. The lowest BCUT2D eigenvalue weighted by Gasteiger charge is -2.13. The summed E-state index contributed by atoms with van der Waals surface area (Å²) in [7, 11) is 0. The van der Waals surface area contributed by atoms with Crippen molar-refractivity contribution in [1.82, 2.24) is 19.1 Å². The molecule has 3 aromatic heterocycles. The normalized spacial score (nSPS) is 12.1. The predicted octanol–water partition coefficient (Wildman–Crippen LogP) is 13.0. The average molecular weight is 687 g/mol. The van der Waals surface area contributed by atoms with Crippen LogP contribution in [0.5, 0.6) is 0 Å². The van der Waals surface area contributed by atoms with Crippen LogP contribution in [0.25, 0.3) is 110 Å². The average Bonchev–Trinajstić information content (AvgIpc) is 3.74. The molecule has 250 valence electrons. The van der Waals surface area contributed by atoms with E-state index in [2.05, 4.69) is 191 Å². The number of benzene rings is 9. The summed E-state index contributed by atoms with van der Waals surface area (Å²) < 4.78 is 4.68. The zero-order valence-corrected chi connectivity index (χ0v) is 29.1. The lowest BCUT2D eigenvalue weighted by molar-refractivity contribution is 1.01. The van der Waals surface area contributed by atoms with Crippen molar-refractivity contribution in [2.75, 3.05) is 0 Å². The van der Waals surface area contributed by atoms with Crippen LogP contribution < -0.4 is 0 Å². The first-order chi connectivity index (χ1) is 26.8. The number of para-hydroxylation sites is 2. The number of hydrogen-bond acceptors (Lipinski definition) is 2. The summed E-state index contributed by atoms with van der Waals surface area (Å²) in [4.78, 5) is 10.7. The van der Waals surface area contributed by atoms with E-state index in [1.807, 2.05) is 0 Å². The van der Waals surface area contributed by atoms with Gasteiger partial charge in [0.2, 0.25) is 5.95 Å². The van der Waals surface area contributed by atoms with E-state index in [0.29, 0.717) is 5.95 Å². The van der Waals surface area contributed by atoms with Gasteiger partial charge in [-0.1, -0.05) is 127 Å². The molecule has 0 radical (unpaired) electrons. The number of fused-ring (bicyclic) bond motifs is 11. The number of nitrogens with zero attached hydrogens (tertiary/aromatic N) is 4. The smallest absolute Gasteiger partial charge is 0.235 e. The first-order valence-electron chi connectivity index (χ1n) is 18.4. The van der Waals surface area contributed by atoms with Crippen LogP contribution in [0.3, 0.4) is 0 Å². The summed E-state index contributed by atoms with van der Waals surface area (Å²) in [5, 5.41) is 13.2. The van der Waals surface area contributed by atoms with Crippen LogP contribution in [0.4, 0.5) is 0 Å². The van der Waals surface area contributed by atoms with Crippen molar-refractivity contribution in [2.24, 2.45) is 0 Å². The topological polar surface area (TPSA) is 35.6 Å². The van der Waals surface area contributed by atoms with Gasteiger partial charge in [-0.2, -0.15) is 0 Å². The molecule has 0 saturated heterocycles. The van der Waals surface area contributed by atoms with Crippen LogP contribution in [0.1, 0.15) is 0 Å². The highest BCUT2D eigenvalue weighted by Gasteiger charge is 2.20. The van der Waals surface area contributed by atoms with Crippen molar-refractivity contribution >= 4 is 86.8 Å². The maximum absolute atomic E-state index is 5.43. The second-order valence-corrected chi connectivity index (χ2v) is 14.2. The van der Waals surface area contributed by atoms with Crippen LogP contribution in [0, 0.1) is 0 Å². The van der Waals surface area contributed by atoms with Crippen molar-refractivity contribution in [3.63, 3.8) is 0 Å². The molecule has 9 aromatic carbocycles. The van der Waals surface area contributed by atoms with E-state index in [0.717, 1.165) is 44.3 Å². The third kappa shape index (κ3) is 4.19. The van der Waals surface area contributed by atoms with Gasteiger partial charge in [0.1, 0.15) is 0 Å². The summed E-state index contributed by atoms with van der Waals surface area (Å²) in [5.74, 6) is 0.656. The quantitative estimate of drug-likeness (QED) is 0.185. The van der Waals surface area contributed by atoms with Crippen LogP contribution in [-0.2, 0) is 0 Å². The third-order valence-electron chi connectivity index (χ3n) is 11.3. The molecule has 0 unspecified atom stereocenters. The fourth-order valence-electron chi connectivity index (χ4n) is 8.79. The van der Waals surface area contributed by atoms with Gasteiger partial charge in [0.25, 0.3) is 0 Å². The standard InChI is InChI=1S/C50H30N4/c1-2-13-33-27-36(22-21-31(33)11-1)49-39-17-7-9-19-43(39)51-50(52-49)54-45-26-24-37(30-42(45)41-28-34-14-3-4-15-35(34)29-47(41)54)53-44-20-10-8-18-40(44)48-38-16-6-5-12-32(38)23-25-46(48)53/h1-30H. The largest absolute Gasteiger partial charge is 0.309 e. The van der Waals surface area contributed by atoms with E-state index in [1.54, 1.807) is 0 Å². The molecule has 12 aromatic rings. The third-order valence-corrected chi connectivity index (χ3v) is 11.3. The molecule has 3 heterocycles. The van der Waals surface area contributed by atoms with Crippen LogP contribution in [-0.4, -0.2) is 19.1 Å². The Hall–Kier alpha value is -7.30. The molecule has 0 aliphatic rings. The van der Waals surface area contributed by atoms with Crippen LogP contribution >= 0.6 is 0 Å². The second-order valence-electron chi connectivity index (χ2n) is 14.2. The lowest BCUT2D eigenvalue weighted by Crippen LogP contribution is -2.03. The minimum Gasteiger partial charge on any atom is -0.309 e. The highest BCUT2D eigenvalue weighted by Crippen LogP contribution is 2.40. The van der Waals surface area contributed by atoms with Crippen molar-refractivity contribution < 1.29 is 0 Å². The van der Waals surface area contributed by atoms with Gasteiger partial charge in [-0.25, -0.2) is 9.97 Å². The first-order valence-corrected chi connectivity index (χ1v) is 18.4. The molecular formula is C50H30N4. The fraction of sp³-hybridized carbons (Fsp3) is 0. The van der Waals surface area contributed by atoms with E-state index in [-0.39, 0.29) is 0 Å². The second kappa shape index (κ2) is 11.1. The van der Waals surface area contributed by atoms with Crippen molar-refractivity contribution in [2.45, 2.75) is 0 Å². The highest BCUT2D eigenvalue weighted by molar-refractivity contribution is 6.22. The van der Waals surface area contributed by atoms with Gasteiger partial charge in [0.05, 0.1) is 33.3 Å². The summed E-state index contributed by atoms with van der Waals surface area (Å²) in [6.07, 6.45) is 0. The Morgan fingerprint density at radius 2 is 0.944 bits per heavy atom. The molecule has 12 rings (SSSR count). The highest BCUT2D eigenvalue weighted by atomic mass is 15.2. The van der Waals surface area contributed by atoms with Gasteiger partial charge in [-0.15, -0.1) is 0 Å². The Morgan fingerprint density at radius 1 is 0.333 bits per heavy atom. The number of rotatable bonds is 3. The first kappa shape index (κ1) is 29.3. The minimum absolute atomic E-state index is 0.656. The summed E-state index contributed by atoms with van der Waals surface area (Å²) in [5.41, 5.74) is 8.55. The van der Waals surface area contributed by atoms with Gasteiger partial charge < -0.3 is 4.57 Å². The van der Waals surface area contributed by atoms with E-state index in [1.165, 1.54) is 59.5 Å². The molecule has 4 heteroatoms. The van der Waals surface area contributed by atoms with Gasteiger partial charge in [0.15, 0.2) is 0 Å². The molecule has 0 N–H and O–H groups in total. The number of hydrogen-bond donors (Lipinski definition) is 0. The Balaban J connectivity index is 1.16. The van der Waals surface area contributed by atoms with Crippen LogP contribution in [0.15, 0.2) is 182 Å². The molecule has 4 nitrogen and oxygen atoms in total. The van der Waals surface area contributed by atoms with Gasteiger partial charge in [-0.05, 0) is 86.9 Å². The van der Waals surface area contributed by atoms with Gasteiger partial charge >= 0.3 is 0 Å². The molecule has 0 spiro atoms. The SMILES string of the molecule is c1ccc2cc(-c3nc(-n4c5ccc(-n6c7ccccc7c7c8ccccc8ccc76)cc5c5cc6ccccc6cc54)nc4ccccc34)ccc2c1. The Bertz CT molecular complexity index is 3510. The Morgan fingerprint density at radius 3 is 1.80 bits per heavy atom. The van der Waals surface area contributed by atoms with Crippen molar-refractivity contribution in [3.8, 4) is 22.9 Å². The van der Waals surface area contributed by atoms with Gasteiger partial charge in [-0.3, -0.25) is 4.57 Å². The zero-order valence-electron chi connectivity index (χ0n) is 29.1. The van der Waals surface area contributed by atoms with Crippen molar-refractivity contribution in [1.29, 1.82) is 0 Å². The number of aromatic nitrogens is 4. The molecule has 0 aliphatic heterocycles. The van der Waals surface area contributed by atoms with E-state index in [4.69, 9.17) is 9.97 Å². The molecule has 0 bridgehead atoms. The van der Waals surface area contributed by atoms with Gasteiger partial charge in [0, 0.05) is 38.2 Å². The van der Waals surface area contributed by atoms with E-state index >= 15 is 0 Å². The summed E-state index contributed by atoms with van der Waals surface area (Å²) >= 11 is 0. The maximum Gasteiger partial charge on any atom is 0.235 e. The van der Waals surface area contributed by atoms with Crippen molar-refractivity contribution in [3.05, 3.63) is 182 Å². The molecule has 0 fully saturated rings. The molecular weight excluding hydrogens is 657 g/mol. The van der Waals surface area contributed by atoms with Crippen LogP contribution in [0.2, 0.25) is 0 Å². The monoisotopic (exact) mass is 686 g/mol. The summed E-state index contributed by atoms with van der Waals surface area (Å²) in [6, 6.07) is 65.6. The maximum atomic E-state index is 5.43. The Kier molecular flexibility index (Phi) is 6.02. The minimum atomic E-state index is 0.656. The fourth-order valence-corrected chi connectivity index (χ4v) is 8.79.